The third kappa shape index (κ3) is 5.41. The fourth-order valence-electron chi connectivity index (χ4n) is 9.59. The second kappa shape index (κ2) is 13.4. The number of benzene rings is 10. The Morgan fingerprint density at radius 1 is 0.250 bits per heavy atom. The molecule has 0 aliphatic carbocycles. The van der Waals surface area contributed by atoms with Gasteiger partial charge in [-0.05, 0) is 128 Å². The zero-order valence-corrected chi connectivity index (χ0v) is 32.3. The van der Waals surface area contributed by atoms with Crippen LogP contribution >= 0.6 is 0 Å². The Morgan fingerprint density at radius 2 is 0.517 bits per heavy atom. The highest BCUT2D eigenvalue weighted by Gasteiger charge is 2.52. The SMILES string of the molecule is Fc1ccc2c(c1)N(c1ccc3ccccc3c1)C(C1N(c3ccc4ccccc4c3)c3ccc(F)cc3N1c1ccc3ccccc3c1)N2c1ccc2ccccc2c1. The van der Waals surface area contributed by atoms with Crippen LogP contribution in [0.1, 0.15) is 0 Å². The third-order valence-electron chi connectivity index (χ3n) is 12.3. The molecule has 2 atom stereocenters. The summed E-state index contributed by atoms with van der Waals surface area (Å²) in [4.78, 5) is 9.28. The largest absolute Gasteiger partial charge is 0.314 e. The maximum atomic E-state index is 15.9. The zero-order chi connectivity index (χ0) is 39.9. The average Bonchev–Trinajstić information content (AvgIpc) is 3.80. The van der Waals surface area contributed by atoms with Crippen LogP contribution < -0.4 is 19.6 Å². The first-order chi connectivity index (χ1) is 29.6. The van der Waals surface area contributed by atoms with Crippen LogP contribution in [0.4, 0.5) is 54.3 Å². The Morgan fingerprint density at radius 3 is 0.817 bits per heavy atom. The molecule has 0 bridgehead atoms. The molecule has 10 aromatic rings. The molecule has 286 valence electrons. The highest BCUT2D eigenvalue weighted by molar-refractivity contribution is 5.99. The van der Waals surface area contributed by atoms with E-state index in [0.29, 0.717) is 0 Å². The molecule has 2 aliphatic rings. The summed E-state index contributed by atoms with van der Waals surface area (Å²) >= 11 is 0. The second-order valence-corrected chi connectivity index (χ2v) is 15.7. The van der Waals surface area contributed by atoms with Gasteiger partial charge in [0.15, 0.2) is 12.3 Å². The fourth-order valence-corrected chi connectivity index (χ4v) is 9.59. The maximum Gasteiger partial charge on any atom is 0.151 e. The lowest BCUT2D eigenvalue weighted by atomic mass is 10.1. The number of hydrogen-bond donors (Lipinski definition) is 0. The van der Waals surface area contributed by atoms with Gasteiger partial charge in [-0.3, -0.25) is 0 Å². The Labute approximate surface area is 346 Å². The van der Waals surface area contributed by atoms with Crippen LogP contribution in [0, 0.1) is 11.6 Å². The molecule has 2 aliphatic heterocycles. The van der Waals surface area contributed by atoms with Gasteiger partial charge in [0, 0.05) is 22.7 Å². The number of fused-ring (bicyclic) bond motifs is 6. The van der Waals surface area contributed by atoms with E-state index in [1.54, 1.807) is 24.3 Å². The van der Waals surface area contributed by atoms with Crippen molar-refractivity contribution in [2.45, 2.75) is 12.3 Å². The number of nitrogens with zero attached hydrogens (tertiary/aromatic N) is 4. The number of halogens is 2. The van der Waals surface area contributed by atoms with Gasteiger partial charge in [-0.15, -0.1) is 0 Å². The van der Waals surface area contributed by atoms with Crippen LogP contribution in [0.3, 0.4) is 0 Å². The molecule has 0 saturated carbocycles. The van der Waals surface area contributed by atoms with Crippen LogP contribution in [0.5, 0.6) is 0 Å². The summed E-state index contributed by atoms with van der Waals surface area (Å²) in [6, 6.07) is 69.6. The van der Waals surface area contributed by atoms with E-state index in [1.807, 2.05) is 36.4 Å². The fraction of sp³-hybridized carbons (Fsp3) is 0.0370. The molecule has 2 unspecified atom stereocenters. The van der Waals surface area contributed by atoms with Gasteiger partial charge in [0.25, 0.3) is 0 Å². The predicted octanol–water partition coefficient (Wildman–Crippen LogP) is 14.5. The molecule has 60 heavy (non-hydrogen) atoms. The van der Waals surface area contributed by atoms with E-state index >= 15 is 8.78 Å². The number of hydrogen-bond acceptors (Lipinski definition) is 4. The second-order valence-electron chi connectivity index (χ2n) is 15.7. The van der Waals surface area contributed by atoms with E-state index in [2.05, 4.69) is 165 Å². The number of anilines is 8. The van der Waals surface area contributed by atoms with E-state index in [9.17, 15) is 0 Å². The maximum absolute atomic E-state index is 15.9. The van der Waals surface area contributed by atoms with E-state index in [4.69, 9.17) is 0 Å². The summed E-state index contributed by atoms with van der Waals surface area (Å²) in [6.45, 7) is 0. The van der Waals surface area contributed by atoms with Gasteiger partial charge >= 0.3 is 0 Å². The molecule has 12 rings (SSSR count). The minimum Gasteiger partial charge on any atom is -0.314 e. The van der Waals surface area contributed by atoms with Crippen molar-refractivity contribution in [3.05, 3.63) is 218 Å². The molecule has 0 fully saturated rings. The predicted molar refractivity (Wildman–Crippen MR) is 245 cm³/mol. The van der Waals surface area contributed by atoms with Crippen LogP contribution in [0.25, 0.3) is 43.1 Å². The van der Waals surface area contributed by atoms with Crippen LogP contribution in [0.2, 0.25) is 0 Å². The lowest BCUT2D eigenvalue weighted by Crippen LogP contribution is -2.58. The van der Waals surface area contributed by atoms with Gasteiger partial charge in [0.2, 0.25) is 0 Å². The summed E-state index contributed by atoms with van der Waals surface area (Å²) in [7, 11) is 0. The van der Waals surface area contributed by atoms with E-state index in [1.165, 1.54) is 0 Å². The summed E-state index contributed by atoms with van der Waals surface area (Å²) in [5.41, 5.74) is 6.93. The molecular formula is C54H36F2N4. The summed E-state index contributed by atoms with van der Waals surface area (Å²) in [6.07, 6.45) is -1.09. The molecule has 6 heteroatoms. The van der Waals surface area contributed by atoms with Gasteiger partial charge in [0.05, 0.1) is 22.7 Å². The van der Waals surface area contributed by atoms with Crippen LogP contribution in [-0.2, 0) is 0 Å². The Hall–Kier alpha value is -7.70. The first-order valence-electron chi connectivity index (χ1n) is 20.3. The first-order valence-corrected chi connectivity index (χ1v) is 20.3. The minimum absolute atomic E-state index is 0.326. The van der Waals surface area contributed by atoms with Crippen LogP contribution in [-0.4, -0.2) is 12.3 Å². The summed E-state index contributed by atoms with van der Waals surface area (Å²) in [5.74, 6) is -0.651. The molecule has 10 aromatic carbocycles. The summed E-state index contributed by atoms with van der Waals surface area (Å²) < 4.78 is 31.8. The highest BCUT2D eigenvalue weighted by atomic mass is 19.1. The van der Waals surface area contributed by atoms with Crippen molar-refractivity contribution < 1.29 is 8.78 Å². The third-order valence-corrected chi connectivity index (χ3v) is 12.3. The van der Waals surface area contributed by atoms with Crippen molar-refractivity contribution in [2.75, 3.05) is 19.6 Å². The Kier molecular flexibility index (Phi) is 7.69. The molecule has 0 N–H and O–H groups in total. The Balaban J connectivity index is 1.19. The Bertz CT molecular complexity index is 3110. The molecule has 4 nitrogen and oxygen atoms in total. The summed E-state index contributed by atoms with van der Waals surface area (Å²) in [5, 5.41) is 8.82. The lowest BCUT2D eigenvalue weighted by Gasteiger charge is -2.44. The first kappa shape index (κ1) is 34.4. The standard InChI is InChI=1S/C54H36F2N4/c55-43-21-27-49-51(33-43)59(47-25-19-37-11-3-7-15-41(37)31-47)53(57(49)45-23-17-35-9-1-5-13-39(35)29-45)54-58(46-24-18-36-10-2-6-14-40(36)30-46)50-28-22-44(56)34-52(50)60(54)48-26-20-38-12-4-8-16-42(38)32-48/h1-34,53-54H. The van der Waals surface area contributed by atoms with E-state index in [-0.39, 0.29) is 11.6 Å². The molecular weight excluding hydrogens is 743 g/mol. The quantitative estimate of drug-likeness (QED) is 0.172. The minimum atomic E-state index is -0.544. The van der Waals surface area contributed by atoms with Crippen molar-refractivity contribution in [1.29, 1.82) is 0 Å². The van der Waals surface area contributed by atoms with E-state index in [0.717, 1.165) is 88.6 Å². The average molecular weight is 779 g/mol. The van der Waals surface area contributed by atoms with Gasteiger partial charge in [0.1, 0.15) is 11.6 Å². The van der Waals surface area contributed by atoms with Crippen molar-refractivity contribution in [3.8, 4) is 0 Å². The monoisotopic (exact) mass is 778 g/mol. The molecule has 0 amide bonds. The molecule has 0 saturated heterocycles. The van der Waals surface area contributed by atoms with Crippen LogP contribution in [0.15, 0.2) is 206 Å². The van der Waals surface area contributed by atoms with Gasteiger partial charge in [-0.2, -0.15) is 0 Å². The van der Waals surface area contributed by atoms with E-state index < -0.39 is 12.3 Å². The van der Waals surface area contributed by atoms with Crippen molar-refractivity contribution in [1.82, 2.24) is 0 Å². The van der Waals surface area contributed by atoms with Crippen molar-refractivity contribution in [3.63, 3.8) is 0 Å². The van der Waals surface area contributed by atoms with Crippen molar-refractivity contribution in [2.24, 2.45) is 0 Å². The highest BCUT2D eigenvalue weighted by Crippen LogP contribution is 2.56. The topological polar surface area (TPSA) is 13.0 Å². The molecule has 0 radical (unpaired) electrons. The molecule has 2 heterocycles. The normalized spacial score (nSPS) is 16.0. The zero-order valence-electron chi connectivity index (χ0n) is 32.3. The number of rotatable bonds is 5. The van der Waals surface area contributed by atoms with Crippen molar-refractivity contribution >= 4 is 88.6 Å². The van der Waals surface area contributed by atoms with Gasteiger partial charge in [-0.1, -0.05) is 121 Å². The lowest BCUT2D eigenvalue weighted by molar-refractivity contribution is 0.549. The van der Waals surface area contributed by atoms with Gasteiger partial charge in [-0.25, -0.2) is 8.78 Å². The molecule has 0 spiro atoms. The molecule has 0 aromatic heterocycles. The smallest absolute Gasteiger partial charge is 0.151 e. The van der Waals surface area contributed by atoms with Gasteiger partial charge < -0.3 is 19.6 Å².